The average molecular weight is 332 g/mol. The molecule has 1 aromatic carbocycles. The Balaban J connectivity index is 1.73. The molecule has 120 valence electrons. The van der Waals surface area contributed by atoms with E-state index in [1.54, 1.807) is 18.1 Å². The van der Waals surface area contributed by atoms with Crippen LogP contribution in [-0.4, -0.2) is 35.7 Å². The maximum Gasteiger partial charge on any atom is 0.231 e. The zero-order valence-corrected chi connectivity index (χ0v) is 13.6. The maximum absolute atomic E-state index is 12.3. The molecule has 2 heterocycles. The van der Waals surface area contributed by atoms with Gasteiger partial charge in [-0.3, -0.25) is 9.59 Å². The SMILES string of the molecule is COc1ccccc1N1CC(C(=O)Nc2nnc(C)s2)CC1=O. The molecule has 1 fully saturated rings. The number of hydrogen-bond acceptors (Lipinski definition) is 6. The van der Waals surface area contributed by atoms with Gasteiger partial charge in [-0.05, 0) is 19.1 Å². The molecule has 0 radical (unpaired) electrons. The van der Waals surface area contributed by atoms with E-state index in [0.29, 0.717) is 23.1 Å². The molecule has 2 aromatic rings. The zero-order valence-electron chi connectivity index (χ0n) is 12.8. The van der Waals surface area contributed by atoms with Crippen molar-refractivity contribution in [2.24, 2.45) is 5.92 Å². The van der Waals surface area contributed by atoms with Crippen molar-refractivity contribution in [1.29, 1.82) is 0 Å². The molecule has 8 heteroatoms. The summed E-state index contributed by atoms with van der Waals surface area (Å²) in [6.45, 7) is 2.14. The molecule has 0 bridgehead atoms. The van der Waals surface area contributed by atoms with Crippen LogP contribution in [0, 0.1) is 12.8 Å². The third-order valence-electron chi connectivity index (χ3n) is 3.63. The van der Waals surface area contributed by atoms with E-state index in [9.17, 15) is 9.59 Å². The second-order valence-electron chi connectivity index (χ2n) is 5.19. The number of anilines is 2. The van der Waals surface area contributed by atoms with Crippen LogP contribution in [0.4, 0.5) is 10.8 Å². The van der Waals surface area contributed by atoms with Crippen molar-refractivity contribution >= 4 is 34.0 Å². The highest BCUT2D eigenvalue weighted by molar-refractivity contribution is 7.15. The number of rotatable bonds is 4. The number of carbonyl (C=O) groups is 2. The van der Waals surface area contributed by atoms with Crippen molar-refractivity contribution in [3.05, 3.63) is 29.3 Å². The first-order chi connectivity index (χ1) is 11.1. The zero-order chi connectivity index (χ0) is 16.4. The van der Waals surface area contributed by atoms with E-state index in [1.807, 2.05) is 25.1 Å². The topological polar surface area (TPSA) is 84.4 Å². The number of ether oxygens (including phenoxy) is 1. The number of nitrogens with zero attached hydrogens (tertiary/aromatic N) is 3. The molecule has 1 saturated heterocycles. The largest absolute Gasteiger partial charge is 0.495 e. The van der Waals surface area contributed by atoms with Crippen molar-refractivity contribution < 1.29 is 14.3 Å². The third-order valence-corrected chi connectivity index (χ3v) is 4.38. The fraction of sp³-hybridized carbons (Fsp3) is 0.333. The summed E-state index contributed by atoms with van der Waals surface area (Å²) in [6.07, 6.45) is 0.168. The average Bonchev–Trinajstić information content (AvgIpc) is 3.13. The number of aromatic nitrogens is 2. The van der Waals surface area contributed by atoms with Crippen LogP contribution < -0.4 is 15.0 Å². The Bertz CT molecular complexity index is 746. The maximum atomic E-state index is 12.3. The molecule has 1 aromatic heterocycles. The van der Waals surface area contributed by atoms with E-state index in [4.69, 9.17) is 4.74 Å². The Morgan fingerprint density at radius 3 is 2.87 bits per heavy atom. The van der Waals surface area contributed by atoms with Crippen molar-refractivity contribution in [3.8, 4) is 5.75 Å². The summed E-state index contributed by atoms with van der Waals surface area (Å²) in [5.41, 5.74) is 0.682. The standard InChI is InChI=1S/C15H16N4O3S/c1-9-17-18-15(23-9)16-14(21)10-7-13(20)19(8-10)11-5-3-4-6-12(11)22-2/h3-6,10H,7-8H2,1-2H3,(H,16,18,21). The summed E-state index contributed by atoms with van der Waals surface area (Å²) in [4.78, 5) is 26.2. The van der Waals surface area contributed by atoms with Crippen LogP contribution in [0.1, 0.15) is 11.4 Å². The first-order valence-corrected chi connectivity index (χ1v) is 7.94. The monoisotopic (exact) mass is 332 g/mol. The molecular weight excluding hydrogens is 316 g/mol. The number of benzene rings is 1. The first-order valence-electron chi connectivity index (χ1n) is 7.13. The van der Waals surface area contributed by atoms with Gasteiger partial charge in [-0.15, -0.1) is 10.2 Å². The molecule has 1 aliphatic rings. The van der Waals surface area contributed by atoms with Crippen molar-refractivity contribution in [2.75, 3.05) is 23.9 Å². The lowest BCUT2D eigenvalue weighted by Gasteiger charge is -2.19. The Kier molecular flexibility index (Phi) is 4.24. The lowest BCUT2D eigenvalue weighted by atomic mass is 10.1. The molecule has 23 heavy (non-hydrogen) atoms. The molecule has 3 rings (SSSR count). The van der Waals surface area contributed by atoms with Gasteiger partial charge in [0.15, 0.2) is 0 Å². The molecule has 2 amide bonds. The number of nitrogens with one attached hydrogen (secondary N) is 1. The normalized spacial score (nSPS) is 17.4. The molecule has 7 nitrogen and oxygen atoms in total. The molecule has 1 aliphatic heterocycles. The van der Waals surface area contributed by atoms with Gasteiger partial charge in [-0.25, -0.2) is 0 Å². The van der Waals surface area contributed by atoms with E-state index in [2.05, 4.69) is 15.5 Å². The van der Waals surface area contributed by atoms with Crippen LogP contribution in [-0.2, 0) is 9.59 Å². The molecule has 0 saturated carbocycles. The number of hydrogen-bond donors (Lipinski definition) is 1. The van der Waals surface area contributed by atoms with Crippen LogP contribution in [0.15, 0.2) is 24.3 Å². The van der Waals surface area contributed by atoms with Crippen LogP contribution >= 0.6 is 11.3 Å². The van der Waals surface area contributed by atoms with Gasteiger partial charge in [0, 0.05) is 13.0 Å². The van der Waals surface area contributed by atoms with Crippen molar-refractivity contribution in [3.63, 3.8) is 0 Å². The molecule has 1 N–H and O–H groups in total. The minimum atomic E-state index is -0.420. The summed E-state index contributed by atoms with van der Waals surface area (Å²) in [5.74, 6) is -0.117. The van der Waals surface area contributed by atoms with Crippen molar-refractivity contribution in [1.82, 2.24) is 10.2 Å². The van der Waals surface area contributed by atoms with Crippen LogP contribution in [0.2, 0.25) is 0 Å². The van der Waals surface area contributed by atoms with E-state index in [-0.39, 0.29) is 18.2 Å². The lowest BCUT2D eigenvalue weighted by Crippen LogP contribution is -2.28. The Hall–Kier alpha value is -2.48. The van der Waals surface area contributed by atoms with Crippen LogP contribution in [0.5, 0.6) is 5.75 Å². The molecule has 1 unspecified atom stereocenters. The van der Waals surface area contributed by atoms with E-state index >= 15 is 0 Å². The second-order valence-corrected chi connectivity index (χ2v) is 6.37. The fourth-order valence-electron chi connectivity index (χ4n) is 2.52. The number of methoxy groups -OCH3 is 1. The summed E-state index contributed by atoms with van der Waals surface area (Å²) in [6, 6.07) is 7.28. The highest BCUT2D eigenvalue weighted by Crippen LogP contribution is 2.33. The molecular formula is C15H16N4O3S. The molecule has 0 aliphatic carbocycles. The minimum Gasteiger partial charge on any atom is -0.495 e. The van der Waals surface area contributed by atoms with Gasteiger partial charge in [0.2, 0.25) is 16.9 Å². The fourth-order valence-corrected chi connectivity index (χ4v) is 3.12. The quantitative estimate of drug-likeness (QED) is 0.923. The van der Waals surface area contributed by atoms with Gasteiger partial charge in [-0.2, -0.15) is 0 Å². The summed E-state index contributed by atoms with van der Waals surface area (Å²) in [5, 5.41) is 11.7. The van der Waals surface area contributed by atoms with Gasteiger partial charge >= 0.3 is 0 Å². The number of para-hydroxylation sites is 2. The predicted molar refractivity (Wildman–Crippen MR) is 86.7 cm³/mol. The Morgan fingerprint density at radius 1 is 1.39 bits per heavy atom. The number of amides is 2. The minimum absolute atomic E-state index is 0.0944. The summed E-state index contributed by atoms with van der Waals surface area (Å²) >= 11 is 1.31. The Morgan fingerprint density at radius 2 is 2.17 bits per heavy atom. The first kappa shape index (κ1) is 15.4. The van der Waals surface area contributed by atoms with Crippen LogP contribution in [0.25, 0.3) is 0 Å². The highest BCUT2D eigenvalue weighted by atomic mass is 32.1. The van der Waals surface area contributed by atoms with Gasteiger partial charge in [-0.1, -0.05) is 23.5 Å². The van der Waals surface area contributed by atoms with E-state index < -0.39 is 5.92 Å². The van der Waals surface area contributed by atoms with E-state index in [1.165, 1.54) is 11.3 Å². The van der Waals surface area contributed by atoms with Gasteiger partial charge in [0.05, 0.1) is 18.7 Å². The lowest BCUT2D eigenvalue weighted by molar-refractivity contribution is -0.122. The van der Waals surface area contributed by atoms with Gasteiger partial charge in [0.25, 0.3) is 0 Å². The Labute approximate surface area is 137 Å². The third kappa shape index (κ3) is 3.16. The smallest absolute Gasteiger partial charge is 0.231 e. The van der Waals surface area contributed by atoms with Crippen molar-refractivity contribution in [2.45, 2.75) is 13.3 Å². The highest BCUT2D eigenvalue weighted by Gasteiger charge is 2.36. The summed E-state index contributed by atoms with van der Waals surface area (Å²) < 4.78 is 5.29. The number of aryl methyl sites for hydroxylation is 1. The predicted octanol–water partition coefficient (Wildman–Crippen LogP) is 1.85. The van der Waals surface area contributed by atoms with Gasteiger partial charge < -0.3 is 15.0 Å². The molecule has 1 atom stereocenters. The van der Waals surface area contributed by atoms with Crippen LogP contribution in [0.3, 0.4) is 0 Å². The number of carbonyl (C=O) groups excluding carboxylic acids is 2. The second kappa shape index (κ2) is 6.33. The van der Waals surface area contributed by atoms with Gasteiger partial charge in [0.1, 0.15) is 10.8 Å². The summed E-state index contributed by atoms with van der Waals surface area (Å²) in [7, 11) is 1.56. The molecule has 0 spiro atoms. The van der Waals surface area contributed by atoms with E-state index in [0.717, 1.165) is 5.01 Å².